The second-order valence-corrected chi connectivity index (χ2v) is 5.96. The molecule has 0 saturated carbocycles. The van der Waals surface area contributed by atoms with Crippen molar-refractivity contribution in [3.63, 3.8) is 0 Å². The molecule has 1 aromatic rings. The second-order valence-electron chi connectivity index (χ2n) is 5.96. The highest BCUT2D eigenvalue weighted by Crippen LogP contribution is 2.21. The maximum Gasteiger partial charge on any atom is 0.408 e. The molecular weight excluding hydrogens is 323 g/mol. The molecule has 0 unspecified atom stereocenters. The fourth-order valence-corrected chi connectivity index (χ4v) is 1.90. The lowest BCUT2D eigenvalue weighted by molar-refractivity contribution is -0.385. The van der Waals surface area contributed by atoms with E-state index in [0.717, 1.165) is 25.3 Å². The van der Waals surface area contributed by atoms with Gasteiger partial charge in [0.25, 0.3) is 5.69 Å². The lowest BCUT2D eigenvalue weighted by atomic mass is 10.0. The number of nitro groups is 1. The first-order chi connectivity index (χ1) is 11.0. The van der Waals surface area contributed by atoms with Gasteiger partial charge in [0.05, 0.1) is 12.0 Å². The molecule has 0 saturated heterocycles. The van der Waals surface area contributed by atoms with E-state index in [1.807, 2.05) is 0 Å². The Morgan fingerprint density at radius 1 is 1.38 bits per heavy atom. The van der Waals surface area contributed by atoms with Crippen LogP contribution >= 0.6 is 0 Å². The second kappa shape index (κ2) is 7.71. The number of nitrogens with zero attached hydrogens (tertiary/aromatic N) is 1. The average Bonchev–Trinajstić information content (AvgIpc) is 2.43. The van der Waals surface area contributed by atoms with Gasteiger partial charge in [-0.25, -0.2) is 14.0 Å². The lowest BCUT2D eigenvalue weighted by Gasteiger charge is -2.22. The van der Waals surface area contributed by atoms with Gasteiger partial charge in [-0.15, -0.1) is 0 Å². The maximum absolute atomic E-state index is 13.4. The average molecular weight is 342 g/mol. The molecule has 0 aliphatic heterocycles. The van der Waals surface area contributed by atoms with Crippen LogP contribution in [0.1, 0.15) is 26.3 Å². The van der Waals surface area contributed by atoms with Gasteiger partial charge in [-0.05, 0) is 32.9 Å². The fraction of sp³-hybridized carbons (Fsp3) is 0.467. The first-order valence-electron chi connectivity index (χ1n) is 7.03. The minimum absolute atomic E-state index is 0.0496. The molecule has 24 heavy (non-hydrogen) atoms. The van der Waals surface area contributed by atoms with Crippen LogP contribution in [0.5, 0.6) is 0 Å². The van der Waals surface area contributed by atoms with Crippen LogP contribution in [0.25, 0.3) is 0 Å². The summed E-state index contributed by atoms with van der Waals surface area (Å²) in [6, 6.07) is 1.61. The van der Waals surface area contributed by atoms with Crippen LogP contribution in [0.2, 0.25) is 0 Å². The number of rotatable bonds is 5. The summed E-state index contributed by atoms with van der Waals surface area (Å²) in [7, 11) is 1.10. The van der Waals surface area contributed by atoms with Crippen molar-refractivity contribution in [2.75, 3.05) is 7.11 Å². The monoisotopic (exact) mass is 342 g/mol. The normalized spacial score (nSPS) is 12.2. The lowest BCUT2D eigenvalue weighted by Crippen LogP contribution is -2.45. The van der Waals surface area contributed by atoms with Crippen molar-refractivity contribution in [2.24, 2.45) is 0 Å². The van der Waals surface area contributed by atoms with E-state index in [0.29, 0.717) is 0 Å². The van der Waals surface area contributed by atoms with E-state index in [4.69, 9.17) is 4.74 Å². The zero-order valence-electron chi connectivity index (χ0n) is 13.8. The van der Waals surface area contributed by atoms with Crippen molar-refractivity contribution in [3.8, 4) is 0 Å². The Morgan fingerprint density at radius 3 is 2.50 bits per heavy atom. The number of nitrogens with one attached hydrogen (secondary N) is 1. The van der Waals surface area contributed by atoms with Crippen LogP contribution in [0.3, 0.4) is 0 Å². The minimum atomic E-state index is -1.26. The quantitative estimate of drug-likeness (QED) is 0.500. The van der Waals surface area contributed by atoms with E-state index < -0.39 is 34.4 Å². The number of benzene rings is 1. The van der Waals surface area contributed by atoms with Crippen LogP contribution in [-0.4, -0.2) is 35.7 Å². The maximum atomic E-state index is 13.4. The number of methoxy groups -OCH3 is 1. The van der Waals surface area contributed by atoms with Crippen molar-refractivity contribution < 1.29 is 28.4 Å². The van der Waals surface area contributed by atoms with E-state index >= 15 is 0 Å². The molecule has 9 heteroatoms. The summed E-state index contributed by atoms with van der Waals surface area (Å²) in [5.41, 5.74) is -1.21. The van der Waals surface area contributed by atoms with Crippen molar-refractivity contribution in [1.82, 2.24) is 5.32 Å². The predicted octanol–water partition coefficient (Wildman–Crippen LogP) is 2.34. The molecule has 1 N–H and O–H groups in total. The number of hydrogen-bond acceptors (Lipinski definition) is 6. The third kappa shape index (κ3) is 5.82. The topological polar surface area (TPSA) is 108 Å². The smallest absolute Gasteiger partial charge is 0.408 e. The summed E-state index contributed by atoms with van der Waals surface area (Å²) in [5.74, 6) is -1.53. The van der Waals surface area contributed by atoms with Gasteiger partial charge in [-0.1, -0.05) is 0 Å². The summed E-state index contributed by atoms with van der Waals surface area (Å²) < 4.78 is 23.0. The molecule has 1 rings (SSSR count). The third-order valence-corrected chi connectivity index (χ3v) is 2.84. The highest BCUT2D eigenvalue weighted by molar-refractivity contribution is 5.81. The van der Waals surface area contributed by atoms with E-state index in [1.54, 1.807) is 20.8 Å². The van der Waals surface area contributed by atoms with Gasteiger partial charge in [0.15, 0.2) is 0 Å². The molecule has 0 aliphatic rings. The number of amides is 1. The molecule has 132 valence electrons. The van der Waals surface area contributed by atoms with Crippen molar-refractivity contribution in [2.45, 2.75) is 38.8 Å². The highest BCUT2D eigenvalue weighted by Gasteiger charge is 2.28. The van der Waals surface area contributed by atoms with Gasteiger partial charge in [0.1, 0.15) is 17.5 Å². The molecule has 0 aromatic heterocycles. The van der Waals surface area contributed by atoms with Crippen molar-refractivity contribution in [3.05, 3.63) is 39.7 Å². The molecule has 8 nitrogen and oxygen atoms in total. The minimum Gasteiger partial charge on any atom is -0.467 e. The first-order valence-corrected chi connectivity index (χ1v) is 7.03. The number of halogens is 1. The summed E-state index contributed by atoms with van der Waals surface area (Å²) in [6.07, 6.45) is -1.21. The first kappa shape index (κ1) is 19.3. The molecule has 0 radical (unpaired) electrons. The van der Waals surface area contributed by atoms with Crippen LogP contribution in [0, 0.1) is 15.9 Å². The molecule has 0 heterocycles. The summed E-state index contributed by atoms with van der Waals surface area (Å²) in [6.45, 7) is 4.91. The van der Waals surface area contributed by atoms with Gasteiger partial charge in [-0.2, -0.15) is 0 Å². The molecule has 0 fully saturated rings. The standard InChI is InChI=1S/C15H19FN2O6/c1-15(2,3)24-14(20)17-11(13(19)23-4)8-9-7-10(16)5-6-12(9)18(21)22/h5-7,11H,8H2,1-4H3,(H,17,20)/t11-/m1/s1. The van der Waals surface area contributed by atoms with E-state index in [1.165, 1.54) is 0 Å². The van der Waals surface area contributed by atoms with E-state index in [-0.39, 0.29) is 17.7 Å². The van der Waals surface area contributed by atoms with Crippen LogP contribution in [0.15, 0.2) is 18.2 Å². The Bertz CT molecular complexity index is 641. The van der Waals surface area contributed by atoms with E-state index in [2.05, 4.69) is 10.1 Å². The zero-order valence-corrected chi connectivity index (χ0v) is 13.8. The third-order valence-electron chi connectivity index (χ3n) is 2.84. The molecule has 0 bridgehead atoms. The Hall–Kier alpha value is -2.71. The van der Waals surface area contributed by atoms with Crippen LogP contribution in [0.4, 0.5) is 14.9 Å². The predicted molar refractivity (Wildman–Crippen MR) is 81.9 cm³/mol. The van der Waals surface area contributed by atoms with Crippen molar-refractivity contribution in [1.29, 1.82) is 0 Å². The van der Waals surface area contributed by atoms with Crippen molar-refractivity contribution >= 4 is 17.7 Å². The van der Waals surface area contributed by atoms with E-state index in [9.17, 15) is 24.1 Å². The number of carbonyl (C=O) groups is 2. The van der Waals surface area contributed by atoms with Gasteiger partial charge in [-0.3, -0.25) is 10.1 Å². The van der Waals surface area contributed by atoms with Gasteiger partial charge in [0, 0.05) is 18.1 Å². The SMILES string of the molecule is COC(=O)[C@@H](Cc1cc(F)ccc1[N+](=O)[O-])NC(=O)OC(C)(C)C. The Morgan fingerprint density at radius 2 is 2.00 bits per heavy atom. The number of hydrogen-bond donors (Lipinski definition) is 1. The zero-order chi connectivity index (χ0) is 18.5. The Kier molecular flexibility index (Phi) is 6.21. The van der Waals surface area contributed by atoms with Gasteiger partial charge >= 0.3 is 12.1 Å². The van der Waals surface area contributed by atoms with Crippen LogP contribution < -0.4 is 5.32 Å². The van der Waals surface area contributed by atoms with Gasteiger partial charge < -0.3 is 14.8 Å². The molecule has 0 spiro atoms. The molecule has 1 atom stereocenters. The molecular formula is C15H19FN2O6. The largest absolute Gasteiger partial charge is 0.467 e. The summed E-state index contributed by atoms with van der Waals surface area (Å²) in [4.78, 5) is 34.0. The Balaban J connectivity index is 3.03. The van der Waals surface area contributed by atoms with Gasteiger partial charge in [0.2, 0.25) is 0 Å². The molecule has 0 aliphatic carbocycles. The summed E-state index contributed by atoms with van der Waals surface area (Å²) >= 11 is 0. The Labute approximate surface area is 138 Å². The molecule has 1 amide bonds. The number of nitro benzene ring substituents is 1. The van der Waals surface area contributed by atoms with Crippen LogP contribution in [-0.2, 0) is 20.7 Å². The number of ether oxygens (including phenoxy) is 2. The summed E-state index contributed by atoms with van der Waals surface area (Å²) in [5, 5.41) is 13.3. The highest BCUT2D eigenvalue weighted by atomic mass is 19.1. The fourth-order valence-electron chi connectivity index (χ4n) is 1.90. The number of carbonyl (C=O) groups excluding carboxylic acids is 2. The number of alkyl carbamates (subject to hydrolysis) is 1. The molecule has 1 aromatic carbocycles. The number of esters is 1.